The van der Waals surface area contributed by atoms with Crippen molar-refractivity contribution < 1.29 is 28.7 Å². The monoisotopic (exact) mass is 817 g/mol. The van der Waals surface area contributed by atoms with E-state index in [2.05, 4.69) is 80.9 Å². The number of aromatic amines is 2. The van der Waals surface area contributed by atoms with Crippen molar-refractivity contribution in [2.45, 2.75) is 78.3 Å². The molecule has 2 atom stereocenters. The van der Waals surface area contributed by atoms with E-state index in [4.69, 9.17) is 19.7 Å². The second-order valence-electron chi connectivity index (χ2n) is 15.3. The van der Waals surface area contributed by atoms with Gasteiger partial charge in [0.15, 0.2) is 0 Å². The maximum absolute atomic E-state index is 13.6. The number of amides is 4. The van der Waals surface area contributed by atoms with Crippen LogP contribution in [-0.4, -0.2) is 93.7 Å². The number of aryl methyl sites for hydroxylation is 1. The first-order valence-corrected chi connectivity index (χ1v) is 20.6. The number of benzene rings is 3. The number of H-pyrrole nitrogens is 2. The molecule has 3 aromatic heterocycles. The number of rotatable bonds is 13. The Bertz CT molecular complexity index is 2460. The van der Waals surface area contributed by atoms with Crippen molar-refractivity contribution in [1.29, 1.82) is 0 Å². The molecular weight excluding hydrogens is 763 g/mol. The summed E-state index contributed by atoms with van der Waals surface area (Å²) in [4.78, 5) is 71.7. The van der Waals surface area contributed by atoms with Crippen molar-refractivity contribution in [1.82, 2.24) is 45.8 Å². The molecule has 60 heavy (non-hydrogen) atoms. The van der Waals surface area contributed by atoms with E-state index in [1.54, 1.807) is 0 Å². The smallest absolute Gasteiger partial charge is 0.407 e. The summed E-state index contributed by atoms with van der Waals surface area (Å²) in [6, 6.07) is 19.8. The SMILES string of the molecule is CCC.COC(=O)NCC(=O)NCCCCc1nc2ccc(-c3ccc4cc(-c5ccc6nc(C7CCCN7C(=O)C(NC(=O)OC)C(C)C)[nH]c6c5)ncc4c3)cc2[nH]1. The van der Waals surface area contributed by atoms with E-state index in [1.807, 2.05) is 49.2 Å². The van der Waals surface area contributed by atoms with E-state index in [9.17, 15) is 19.2 Å². The van der Waals surface area contributed by atoms with Crippen LogP contribution in [0.3, 0.4) is 0 Å². The number of alkyl carbamates (subject to hydrolysis) is 2. The number of ether oxygens (including phenoxy) is 2. The lowest BCUT2D eigenvalue weighted by Crippen LogP contribution is -2.51. The molecule has 1 aliphatic rings. The van der Waals surface area contributed by atoms with Crippen molar-refractivity contribution in [2.75, 3.05) is 33.9 Å². The molecule has 4 amide bonds. The van der Waals surface area contributed by atoms with Crippen LogP contribution in [0.1, 0.15) is 77.5 Å². The van der Waals surface area contributed by atoms with Crippen molar-refractivity contribution in [3.8, 4) is 22.4 Å². The van der Waals surface area contributed by atoms with Gasteiger partial charge in [-0.05, 0) is 84.5 Å². The molecule has 0 bridgehead atoms. The molecule has 15 nitrogen and oxygen atoms in total. The van der Waals surface area contributed by atoms with Crippen LogP contribution < -0.4 is 16.0 Å². The highest BCUT2D eigenvalue weighted by Gasteiger charge is 2.37. The predicted octanol–water partition coefficient (Wildman–Crippen LogP) is 7.58. The van der Waals surface area contributed by atoms with Crippen LogP contribution in [0.2, 0.25) is 0 Å². The molecule has 1 fully saturated rings. The van der Waals surface area contributed by atoms with Gasteiger partial charge >= 0.3 is 12.2 Å². The minimum Gasteiger partial charge on any atom is -0.453 e. The lowest BCUT2D eigenvalue weighted by molar-refractivity contribution is -0.135. The molecule has 316 valence electrons. The molecule has 1 aliphatic heterocycles. The molecule has 3 aromatic carbocycles. The van der Waals surface area contributed by atoms with Crippen LogP contribution in [0.15, 0.2) is 66.9 Å². The van der Waals surface area contributed by atoms with Gasteiger partial charge in [0.25, 0.3) is 0 Å². The van der Waals surface area contributed by atoms with Gasteiger partial charge in [0, 0.05) is 36.7 Å². The van der Waals surface area contributed by atoms with Gasteiger partial charge in [-0.3, -0.25) is 14.6 Å². The first-order chi connectivity index (χ1) is 29.0. The predicted molar refractivity (Wildman–Crippen MR) is 232 cm³/mol. The third-order valence-electron chi connectivity index (χ3n) is 10.4. The van der Waals surface area contributed by atoms with E-state index in [0.717, 1.165) is 99.0 Å². The minimum absolute atomic E-state index is 0.110. The van der Waals surface area contributed by atoms with E-state index in [1.165, 1.54) is 20.6 Å². The Morgan fingerprint density at radius 3 is 2.25 bits per heavy atom. The van der Waals surface area contributed by atoms with Crippen molar-refractivity contribution in [3.63, 3.8) is 0 Å². The van der Waals surface area contributed by atoms with Crippen molar-refractivity contribution in [3.05, 3.63) is 78.5 Å². The van der Waals surface area contributed by atoms with Crippen LogP contribution in [0.25, 0.3) is 55.2 Å². The van der Waals surface area contributed by atoms with Gasteiger partial charge in [0.05, 0.1) is 54.6 Å². The van der Waals surface area contributed by atoms with E-state index >= 15 is 0 Å². The normalized spacial score (nSPS) is 14.2. The third kappa shape index (κ3) is 10.4. The number of carbonyl (C=O) groups excluding carboxylic acids is 4. The maximum Gasteiger partial charge on any atom is 0.407 e. The molecule has 4 heterocycles. The lowest BCUT2D eigenvalue weighted by atomic mass is 10.0. The van der Waals surface area contributed by atoms with Crippen LogP contribution in [0, 0.1) is 5.92 Å². The van der Waals surface area contributed by atoms with Gasteiger partial charge in [0.1, 0.15) is 17.7 Å². The Hall–Kier alpha value is -6.51. The number of nitrogens with zero attached hydrogens (tertiary/aromatic N) is 4. The molecule has 15 heteroatoms. The average Bonchev–Trinajstić information content (AvgIpc) is 4.02. The van der Waals surface area contributed by atoms with Crippen LogP contribution in [0.4, 0.5) is 9.59 Å². The quantitative estimate of drug-likeness (QED) is 0.0730. The van der Waals surface area contributed by atoms with Gasteiger partial charge in [-0.1, -0.05) is 58.4 Å². The molecule has 1 saturated heterocycles. The molecule has 6 aromatic rings. The van der Waals surface area contributed by atoms with E-state index in [0.29, 0.717) is 13.1 Å². The third-order valence-corrected chi connectivity index (χ3v) is 10.4. The molecule has 2 unspecified atom stereocenters. The fraction of sp³-hybridized carbons (Fsp3) is 0.400. The Morgan fingerprint density at radius 2 is 1.50 bits per heavy atom. The summed E-state index contributed by atoms with van der Waals surface area (Å²) in [7, 11) is 2.54. The Kier molecular flexibility index (Phi) is 14.3. The van der Waals surface area contributed by atoms with E-state index < -0.39 is 18.2 Å². The minimum atomic E-state index is -0.694. The number of nitrogens with one attached hydrogen (secondary N) is 5. The van der Waals surface area contributed by atoms with Crippen LogP contribution in [-0.2, 0) is 25.5 Å². The highest BCUT2D eigenvalue weighted by Crippen LogP contribution is 2.34. The Labute approximate surface area is 349 Å². The summed E-state index contributed by atoms with van der Waals surface area (Å²) >= 11 is 0. The zero-order chi connectivity index (χ0) is 42.8. The molecular formula is C45H55N9O6. The number of likely N-dealkylation sites (tertiary alicyclic amines) is 1. The zero-order valence-electron chi connectivity index (χ0n) is 35.2. The zero-order valence-corrected chi connectivity index (χ0v) is 35.2. The summed E-state index contributed by atoms with van der Waals surface area (Å²) in [5.41, 5.74) is 7.44. The first-order valence-electron chi connectivity index (χ1n) is 20.6. The molecule has 0 saturated carbocycles. The summed E-state index contributed by atoms with van der Waals surface area (Å²) in [5.74, 6) is 1.10. The number of pyridine rings is 1. The molecule has 7 rings (SSSR count). The van der Waals surface area contributed by atoms with Gasteiger partial charge < -0.3 is 40.3 Å². The fourth-order valence-electron chi connectivity index (χ4n) is 7.31. The second-order valence-corrected chi connectivity index (χ2v) is 15.3. The van der Waals surface area contributed by atoms with Gasteiger partial charge in [0.2, 0.25) is 11.8 Å². The summed E-state index contributed by atoms with van der Waals surface area (Å²) in [5, 5.41) is 9.93. The highest BCUT2D eigenvalue weighted by atomic mass is 16.5. The number of methoxy groups -OCH3 is 2. The highest BCUT2D eigenvalue weighted by molar-refractivity contribution is 5.92. The molecule has 0 radical (unpaired) electrons. The summed E-state index contributed by atoms with van der Waals surface area (Å²) in [6.07, 6.45) is 5.87. The number of hydrogen-bond acceptors (Lipinski definition) is 9. The van der Waals surface area contributed by atoms with Gasteiger partial charge in [-0.2, -0.15) is 0 Å². The lowest BCUT2D eigenvalue weighted by Gasteiger charge is -2.29. The summed E-state index contributed by atoms with van der Waals surface area (Å²) in [6.45, 7) is 9.03. The number of unbranched alkanes of at least 4 members (excludes halogenated alkanes) is 1. The number of aromatic nitrogens is 5. The standard InChI is InChI=1S/C42H47N9O6.C3H8/c1-24(2)38(50-42(55)57-4)40(53)51-17-7-8-35(51)39-48-31-15-13-28(21-34(31)49-39)32-19-27-11-10-25(18-29(27)22-44-32)26-12-14-30-33(20-26)47-36(46-30)9-5-6-16-43-37(52)23-45-41(54)56-3;1-3-2/h10-15,18-22,24,35,38H,5-9,16-17,23H2,1-4H3,(H,43,52)(H,45,54)(H,46,47)(H,48,49)(H,50,55);3H2,1-2H3. The number of fused-ring (bicyclic) bond motifs is 3. The molecule has 0 spiro atoms. The number of hydrogen-bond donors (Lipinski definition) is 5. The second kappa shape index (κ2) is 20.0. The molecule has 5 N–H and O–H groups in total. The Morgan fingerprint density at radius 1 is 0.817 bits per heavy atom. The van der Waals surface area contributed by atoms with Crippen molar-refractivity contribution >= 4 is 56.8 Å². The van der Waals surface area contributed by atoms with Gasteiger partial charge in [-0.25, -0.2) is 19.6 Å². The topological polar surface area (TPSA) is 196 Å². The largest absolute Gasteiger partial charge is 0.453 e. The molecule has 0 aliphatic carbocycles. The van der Waals surface area contributed by atoms with Crippen LogP contribution >= 0.6 is 0 Å². The number of imidazole rings is 2. The Balaban J connectivity index is 0.00000195. The fourth-order valence-corrected chi connectivity index (χ4v) is 7.31. The average molecular weight is 818 g/mol. The summed E-state index contributed by atoms with van der Waals surface area (Å²) < 4.78 is 9.24. The van der Waals surface area contributed by atoms with Crippen molar-refractivity contribution in [2.24, 2.45) is 5.92 Å². The maximum atomic E-state index is 13.6. The number of carbonyl (C=O) groups is 4. The first kappa shape index (κ1) is 43.1. The van der Waals surface area contributed by atoms with Gasteiger partial charge in [-0.15, -0.1) is 0 Å². The van der Waals surface area contributed by atoms with Crippen LogP contribution in [0.5, 0.6) is 0 Å². The van der Waals surface area contributed by atoms with E-state index in [-0.39, 0.29) is 30.3 Å².